The molecule has 0 amide bonds. The number of methoxy groups -OCH3 is 1. The number of alkyl halides is 3. The van der Waals surface area contributed by atoms with Crippen molar-refractivity contribution in [1.82, 2.24) is 0 Å². The van der Waals surface area contributed by atoms with Gasteiger partial charge in [0.15, 0.2) is 0 Å². The van der Waals surface area contributed by atoms with Gasteiger partial charge in [0.2, 0.25) is 0 Å². The molecule has 0 N–H and O–H groups in total. The van der Waals surface area contributed by atoms with Crippen LogP contribution in [0.15, 0.2) is 36.0 Å². The summed E-state index contributed by atoms with van der Waals surface area (Å²) in [5.41, 5.74) is 0.623. The Morgan fingerprint density at radius 2 is 1.94 bits per heavy atom. The van der Waals surface area contributed by atoms with Gasteiger partial charge in [-0.3, -0.25) is 0 Å². The average Bonchev–Trinajstić information content (AvgIpc) is 2.42. The van der Waals surface area contributed by atoms with Gasteiger partial charge in [-0.2, -0.15) is 13.2 Å². The third-order valence-corrected chi connectivity index (χ3v) is 1.42. The van der Waals surface area contributed by atoms with Crippen LogP contribution in [-0.4, -0.2) is 19.3 Å². The lowest BCUT2D eigenvalue weighted by molar-refractivity contribution is -0.135. The lowest BCUT2D eigenvalue weighted by Gasteiger charge is -1.96. The quantitative estimate of drug-likeness (QED) is 0.651. The van der Waals surface area contributed by atoms with Crippen molar-refractivity contribution < 1.29 is 22.7 Å². The van der Waals surface area contributed by atoms with Crippen molar-refractivity contribution in [2.24, 2.45) is 0 Å². The van der Waals surface area contributed by atoms with Crippen molar-refractivity contribution in [2.45, 2.75) is 19.5 Å². The average molecular weight is 234 g/mol. The molecule has 1 aliphatic rings. The molecule has 0 saturated heterocycles. The van der Waals surface area contributed by atoms with Crippen molar-refractivity contribution in [1.29, 1.82) is 0 Å². The Morgan fingerprint density at radius 3 is 2.44 bits per heavy atom. The maximum Gasteiger partial charge on any atom is 0.386 e. The summed E-state index contributed by atoms with van der Waals surface area (Å²) in [6.07, 6.45) is 6.09. The van der Waals surface area contributed by atoms with Gasteiger partial charge in [-0.1, -0.05) is 24.3 Å². The zero-order valence-corrected chi connectivity index (χ0v) is 9.04. The van der Waals surface area contributed by atoms with E-state index >= 15 is 0 Å². The third-order valence-electron chi connectivity index (χ3n) is 1.42. The van der Waals surface area contributed by atoms with Gasteiger partial charge in [0.1, 0.15) is 0 Å². The highest BCUT2D eigenvalue weighted by Gasteiger charge is 2.15. The molecule has 0 unspecified atom stereocenters. The first kappa shape index (κ1) is 14.5. The Balaban J connectivity index is 0.000000385. The van der Waals surface area contributed by atoms with Gasteiger partial charge in [-0.05, 0) is 12.5 Å². The van der Waals surface area contributed by atoms with Gasteiger partial charge >= 0.3 is 12.1 Å². The van der Waals surface area contributed by atoms with E-state index in [2.05, 4.69) is 4.74 Å². The molecule has 0 heterocycles. The minimum atomic E-state index is -4.00. The second-order valence-electron chi connectivity index (χ2n) is 2.96. The first-order valence-electron chi connectivity index (χ1n) is 4.53. The second-order valence-corrected chi connectivity index (χ2v) is 2.96. The second kappa shape index (κ2) is 6.87. The summed E-state index contributed by atoms with van der Waals surface area (Å²) in [5.74, 6) is -0.273. The predicted molar refractivity (Wildman–Crippen MR) is 54.7 cm³/mol. The van der Waals surface area contributed by atoms with Crippen molar-refractivity contribution in [3.63, 3.8) is 0 Å². The van der Waals surface area contributed by atoms with Crippen molar-refractivity contribution in [2.75, 3.05) is 7.11 Å². The van der Waals surface area contributed by atoms with E-state index in [0.717, 1.165) is 6.42 Å². The molecule has 0 saturated carbocycles. The molecule has 0 radical (unpaired) electrons. The SMILES string of the molecule is CC(F)(F)F.COC(=O)C1=CCC=CC=C1. The highest BCUT2D eigenvalue weighted by Crippen LogP contribution is 2.10. The monoisotopic (exact) mass is 234 g/mol. The fourth-order valence-electron chi connectivity index (χ4n) is 0.849. The molecule has 2 nitrogen and oxygen atoms in total. The molecule has 5 heteroatoms. The van der Waals surface area contributed by atoms with Gasteiger partial charge in [0.05, 0.1) is 12.7 Å². The van der Waals surface area contributed by atoms with Crippen LogP contribution >= 0.6 is 0 Å². The van der Waals surface area contributed by atoms with Crippen molar-refractivity contribution in [3.8, 4) is 0 Å². The van der Waals surface area contributed by atoms with Crippen LogP contribution in [0, 0.1) is 0 Å². The van der Waals surface area contributed by atoms with Crippen LogP contribution in [0.5, 0.6) is 0 Å². The van der Waals surface area contributed by atoms with Crippen LogP contribution in [0.25, 0.3) is 0 Å². The number of ether oxygens (including phenoxy) is 1. The van der Waals surface area contributed by atoms with Gasteiger partial charge in [-0.25, -0.2) is 4.79 Å². The molecule has 0 bridgehead atoms. The lowest BCUT2D eigenvalue weighted by Crippen LogP contribution is -2.01. The van der Waals surface area contributed by atoms with E-state index in [4.69, 9.17) is 0 Å². The molecule has 0 atom stereocenters. The Kier molecular flexibility index (Phi) is 6.22. The minimum Gasteiger partial charge on any atom is -0.465 e. The fourth-order valence-corrected chi connectivity index (χ4v) is 0.849. The third kappa shape index (κ3) is 9.05. The number of hydrogen-bond donors (Lipinski definition) is 0. The van der Waals surface area contributed by atoms with Crippen LogP contribution < -0.4 is 0 Å². The first-order valence-corrected chi connectivity index (χ1v) is 4.53. The Bertz CT molecular complexity index is 306. The molecule has 1 rings (SSSR count). The largest absolute Gasteiger partial charge is 0.465 e. The zero-order valence-electron chi connectivity index (χ0n) is 9.04. The molecule has 0 aromatic carbocycles. The summed E-state index contributed by atoms with van der Waals surface area (Å²) in [5, 5.41) is 0. The summed E-state index contributed by atoms with van der Waals surface area (Å²) in [7, 11) is 1.38. The molecule has 0 aromatic heterocycles. The van der Waals surface area contributed by atoms with Gasteiger partial charge in [0.25, 0.3) is 0 Å². The first-order chi connectivity index (χ1) is 7.34. The molecule has 0 fully saturated rings. The van der Waals surface area contributed by atoms with Crippen LogP contribution in [0.4, 0.5) is 13.2 Å². The summed E-state index contributed by atoms with van der Waals surface area (Å²) in [6.45, 7) is 0.188. The van der Waals surface area contributed by atoms with E-state index in [9.17, 15) is 18.0 Å². The predicted octanol–water partition coefficient (Wildman–Crippen LogP) is 3.17. The highest BCUT2D eigenvalue weighted by atomic mass is 19.4. The number of halogens is 3. The van der Waals surface area contributed by atoms with E-state index in [1.54, 1.807) is 6.08 Å². The van der Waals surface area contributed by atoms with Crippen LogP contribution in [-0.2, 0) is 9.53 Å². The molecule has 16 heavy (non-hydrogen) atoms. The zero-order chi connectivity index (χ0) is 12.6. The summed E-state index contributed by atoms with van der Waals surface area (Å²) < 4.78 is 35.6. The fraction of sp³-hybridized carbons (Fsp3) is 0.364. The molecule has 0 spiro atoms. The van der Waals surface area contributed by atoms with Gasteiger partial charge in [-0.15, -0.1) is 0 Å². The van der Waals surface area contributed by atoms with E-state index in [-0.39, 0.29) is 12.9 Å². The van der Waals surface area contributed by atoms with E-state index in [1.807, 2.05) is 24.3 Å². The number of esters is 1. The minimum absolute atomic E-state index is 0.188. The van der Waals surface area contributed by atoms with Crippen LogP contribution in [0.2, 0.25) is 0 Å². The number of carbonyl (C=O) groups is 1. The maximum absolute atomic E-state index is 11.0. The maximum atomic E-state index is 11.0. The Labute approximate surface area is 92.1 Å². The molecule has 0 aromatic rings. The molecule has 0 aliphatic heterocycles. The number of allylic oxidation sites excluding steroid dienone is 4. The summed E-state index contributed by atoms with van der Waals surface area (Å²) in [4.78, 5) is 11.0. The summed E-state index contributed by atoms with van der Waals surface area (Å²) in [6, 6.07) is 0. The Hall–Kier alpha value is -1.52. The van der Waals surface area contributed by atoms with Crippen molar-refractivity contribution in [3.05, 3.63) is 36.0 Å². The van der Waals surface area contributed by atoms with E-state index in [1.165, 1.54) is 7.11 Å². The summed E-state index contributed by atoms with van der Waals surface area (Å²) >= 11 is 0. The Morgan fingerprint density at radius 1 is 1.38 bits per heavy atom. The van der Waals surface area contributed by atoms with Crippen LogP contribution in [0.1, 0.15) is 13.3 Å². The molecular weight excluding hydrogens is 221 g/mol. The van der Waals surface area contributed by atoms with Gasteiger partial charge < -0.3 is 4.74 Å². The number of hydrogen-bond acceptors (Lipinski definition) is 2. The highest BCUT2D eigenvalue weighted by molar-refractivity contribution is 5.91. The van der Waals surface area contributed by atoms with E-state index < -0.39 is 6.18 Å². The number of carbonyl (C=O) groups excluding carboxylic acids is 1. The van der Waals surface area contributed by atoms with E-state index in [0.29, 0.717) is 5.57 Å². The smallest absolute Gasteiger partial charge is 0.386 e. The lowest BCUT2D eigenvalue weighted by atomic mass is 10.2. The topological polar surface area (TPSA) is 26.3 Å². The molecule has 90 valence electrons. The van der Waals surface area contributed by atoms with Crippen molar-refractivity contribution >= 4 is 5.97 Å². The number of rotatable bonds is 1. The molecule has 1 aliphatic carbocycles. The van der Waals surface area contributed by atoms with Gasteiger partial charge in [0, 0.05) is 6.92 Å². The molecular formula is C11H13F3O2. The van der Waals surface area contributed by atoms with Crippen LogP contribution in [0.3, 0.4) is 0 Å². The standard InChI is InChI=1S/C9H10O2.C2H3F3/c1-11-9(10)8-6-4-2-3-5-7-8;1-2(3,4)5/h2-4,6-7H,5H2,1H3;1H3. The normalized spacial score (nSPS) is 14.4.